The first-order chi connectivity index (χ1) is 13.1. The fraction of sp³-hybridized carbons (Fsp3) is 0.150. The molecule has 1 heterocycles. The number of carbonyl (C=O) groups is 2. The zero-order chi connectivity index (χ0) is 19.2. The summed E-state index contributed by atoms with van der Waals surface area (Å²) >= 11 is 1.97. The van der Waals surface area contributed by atoms with E-state index in [-0.39, 0.29) is 19.0 Å². The summed E-state index contributed by atoms with van der Waals surface area (Å²) in [4.78, 5) is 29.2. The van der Waals surface area contributed by atoms with Gasteiger partial charge in [-0.15, -0.1) is 0 Å². The third-order valence-corrected chi connectivity index (χ3v) is 4.85. The molecule has 7 heteroatoms. The van der Waals surface area contributed by atoms with E-state index in [1.165, 1.54) is 0 Å². The Labute approximate surface area is 170 Å². The first-order valence-electron chi connectivity index (χ1n) is 8.23. The second-order valence-corrected chi connectivity index (χ2v) is 6.77. The lowest BCUT2D eigenvalue weighted by Gasteiger charge is -2.10. The minimum absolute atomic E-state index is 0.0918. The van der Waals surface area contributed by atoms with Crippen molar-refractivity contribution in [1.82, 2.24) is 9.55 Å². The molecule has 0 aliphatic heterocycles. The number of hydrogen-bond acceptors (Lipinski definition) is 5. The summed E-state index contributed by atoms with van der Waals surface area (Å²) in [5, 5.41) is 0. The maximum Gasteiger partial charge on any atom is 0.420 e. The lowest BCUT2D eigenvalue weighted by molar-refractivity contribution is 0.0449. The summed E-state index contributed by atoms with van der Waals surface area (Å²) < 4.78 is 12.3. The van der Waals surface area contributed by atoms with Crippen LogP contribution in [0.25, 0.3) is 0 Å². The summed E-state index contributed by atoms with van der Waals surface area (Å²) in [6.45, 7) is 1.90. The molecule has 3 rings (SSSR count). The number of ether oxygens (including phenoxy) is 2. The molecule has 1 aromatic heterocycles. The molecule has 0 saturated carbocycles. The molecule has 27 heavy (non-hydrogen) atoms. The van der Waals surface area contributed by atoms with E-state index in [0.29, 0.717) is 9.39 Å². The molecule has 0 fully saturated rings. The van der Waals surface area contributed by atoms with Gasteiger partial charge < -0.3 is 9.47 Å². The van der Waals surface area contributed by atoms with Gasteiger partial charge in [-0.3, -0.25) is 0 Å². The Morgan fingerprint density at radius 3 is 2.00 bits per heavy atom. The summed E-state index contributed by atoms with van der Waals surface area (Å²) in [7, 11) is 0. The molecule has 138 valence electrons. The van der Waals surface area contributed by atoms with Gasteiger partial charge in [0.25, 0.3) is 0 Å². The lowest BCUT2D eigenvalue weighted by atomic mass is 10.2. The molecule has 0 saturated heterocycles. The van der Waals surface area contributed by atoms with Crippen LogP contribution >= 0.6 is 22.6 Å². The third kappa shape index (κ3) is 4.73. The van der Waals surface area contributed by atoms with Crippen LogP contribution in [-0.4, -0.2) is 21.6 Å². The van der Waals surface area contributed by atoms with Crippen molar-refractivity contribution in [1.29, 1.82) is 0 Å². The minimum atomic E-state index is -0.679. The van der Waals surface area contributed by atoms with Crippen LogP contribution in [0.3, 0.4) is 0 Å². The van der Waals surface area contributed by atoms with Gasteiger partial charge in [-0.1, -0.05) is 60.7 Å². The number of nitrogens with zero attached hydrogens (tertiary/aromatic N) is 2. The summed E-state index contributed by atoms with van der Waals surface area (Å²) in [5.41, 5.74) is 2.23. The van der Waals surface area contributed by atoms with Crippen LogP contribution in [0.2, 0.25) is 0 Å². The maximum atomic E-state index is 12.5. The van der Waals surface area contributed by atoms with Crippen LogP contribution in [0.15, 0.2) is 60.7 Å². The standard InChI is InChI=1S/C20H17IN2O4/c1-14-17(21)22-18(19(24)26-12-15-8-4-2-5-9-15)23(14)20(25)27-13-16-10-6-3-7-11-16/h2-11H,12-13H2,1H3. The van der Waals surface area contributed by atoms with Crippen molar-refractivity contribution in [3.8, 4) is 0 Å². The van der Waals surface area contributed by atoms with Crippen molar-refractivity contribution in [3.05, 3.63) is 87.0 Å². The van der Waals surface area contributed by atoms with E-state index < -0.39 is 12.1 Å². The first-order valence-corrected chi connectivity index (χ1v) is 9.31. The van der Waals surface area contributed by atoms with Crippen molar-refractivity contribution in [3.63, 3.8) is 0 Å². The molecule has 0 aliphatic rings. The van der Waals surface area contributed by atoms with Gasteiger partial charge in [0.15, 0.2) is 0 Å². The van der Waals surface area contributed by atoms with Gasteiger partial charge in [0.2, 0.25) is 5.82 Å². The molecule has 0 spiro atoms. The Hall–Kier alpha value is -2.68. The Balaban J connectivity index is 1.73. The van der Waals surface area contributed by atoms with E-state index in [1.54, 1.807) is 6.92 Å². The van der Waals surface area contributed by atoms with Crippen molar-refractivity contribution in [2.45, 2.75) is 20.1 Å². The molecular weight excluding hydrogens is 459 g/mol. The van der Waals surface area contributed by atoms with Gasteiger partial charge in [-0.05, 0) is 40.6 Å². The van der Waals surface area contributed by atoms with Gasteiger partial charge in [-0.25, -0.2) is 19.1 Å². The zero-order valence-electron chi connectivity index (χ0n) is 14.6. The highest BCUT2D eigenvalue weighted by Crippen LogP contribution is 2.16. The SMILES string of the molecule is Cc1c(I)nc(C(=O)OCc2ccccc2)n1C(=O)OCc1ccccc1. The van der Waals surface area contributed by atoms with Crippen LogP contribution < -0.4 is 0 Å². The molecule has 6 nitrogen and oxygen atoms in total. The number of hydrogen-bond donors (Lipinski definition) is 0. The number of benzene rings is 2. The molecule has 0 atom stereocenters. The summed E-state index contributed by atoms with van der Waals surface area (Å²) in [5.74, 6) is -0.771. The fourth-order valence-electron chi connectivity index (χ4n) is 2.41. The van der Waals surface area contributed by atoms with E-state index in [0.717, 1.165) is 15.7 Å². The topological polar surface area (TPSA) is 70.4 Å². The van der Waals surface area contributed by atoms with Crippen LogP contribution in [0.1, 0.15) is 27.4 Å². The fourth-order valence-corrected chi connectivity index (χ4v) is 2.88. The van der Waals surface area contributed by atoms with Crippen LogP contribution in [-0.2, 0) is 22.7 Å². The Morgan fingerprint density at radius 1 is 0.926 bits per heavy atom. The molecule has 2 aromatic carbocycles. The second-order valence-electron chi connectivity index (χ2n) is 5.75. The van der Waals surface area contributed by atoms with Gasteiger partial charge in [0.1, 0.15) is 16.9 Å². The maximum absolute atomic E-state index is 12.5. The Kier molecular flexibility index (Phi) is 6.23. The number of carbonyl (C=O) groups excluding carboxylic acids is 2. The van der Waals surface area contributed by atoms with E-state index in [9.17, 15) is 9.59 Å². The highest BCUT2D eigenvalue weighted by atomic mass is 127. The van der Waals surface area contributed by atoms with Gasteiger partial charge in [0, 0.05) is 0 Å². The number of halogens is 1. The van der Waals surface area contributed by atoms with Crippen molar-refractivity contribution in [2.75, 3.05) is 0 Å². The van der Waals surface area contributed by atoms with Crippen molar-refractivity contribution in [2.24, 2.45) is 0 Å². The molecule has 0 N–H and O–H groups in total. The van der Waals surface area contributed by atoms with Gasteiger partial charge in [0.05, 0.1) is 5.69 Å². The highest BCUT2D eigenvalue weighted by Gasteiger charge is 2.25. The van der Waals surface area contributed by atoms with Crippen LogP contribution in [0.5, 0.6) is 0 Å². The molecule has 3 aromatic rings. The molecule has 0 bridgehead atoms. The third-order valence-electron chi connectivity index (χ3n) is 3.83. The molecular formula is C20H17IN2O4. The quantitative estimate of drug-likeness (QED) is 0.405. The van der Waals surface area contributed by atoms with Crippen LogP contribution in [0.4, 0.5) is 4.79 Å². The minimum Gasteiger partial charge on any atom is -0.455 e. The van der Waals surface area contributed by atoms with Gasteiger partial charge in [-0.2, -0.15) is 0 Å². The molecule has 0 aliphatic carbocycles. The van der Waals surface area contributed by atoms with E-state index in [4.69, 9.17) is 9.47 Å². The second kappa shape index (κ2) is 8.81. The summed E-state index contributed by atoms with van der Waals surface area (Å²) in [6.07, 6.45) is -0.668. The van der Waals surface area contributed by atoms with E-state index in [1.807, 2.05) is 83.3 Å². The monoisotopic (exact) mass is 476 g/mol. The average Bonchev–Trinajstić information content (AvgIpc) is 3.00. The zero-order valence-corrected chi connectivity index (χ0v) is 16.8. The predicted octanol–water partition coefficient (Wildman–Crippen LogP) is 4.34. The molecule has 0 unspecified atom stereocenters. The number of aromatic nitrogens is 2. The van der Waals surface area contributed by atoms with Crippen LogP contribution in [0, 0.1) is 10.6 Å². The molecule has 0 amide bonds. The summed E-state index contributed by atoms with van der Waals surface area (Å²) in [6, 6.07) is 18.6. The number of esters is 1. The number of imidazole rings is 1. The lowest BCUT2D eigenvalue weighted by Crippen LogP contribution is -2.22. The highest BCUT2D eigenvalue weighted by molar-refractivity contribution is 14.1. The molecule has 0 radical (unpaired) electrons. The van der Waals surface area contributed by atoms with Crippen molar-refractivity contribution < 1.29 is 19.1 Å². The largest absolute Gasteiger partial charge is 0.455 e. The number of rotatable bonds is 5. The smallest absolute Gasteiger partial charge is 0.420 e. The van der Waals surface area contributed by atoms with Crippen molar-refractivity contribution >= 4 is 34.7 Å². The van der Waals surface area contributed by atoms with E-state index >= 15 is 0 Å². The Morgan fingerprint density at radius 2 is 1.44 bits per heavy atom. The van der Waals surface area contributed by atoms with E-state index in [2.05, 4.69) is 4.98 Å². The first kappa shape index (κ1) is 19.1. The van der Waals surface area contributed by atoms with Gasteiger partial charge >= 0.3 is 12.1 Å². The predicted molar refractivity (Wildman–Crippen MR) is 107 cm³/mol. The average molecular weight is 476 g/mol. The normalized spacial score (nSPS) is 10.4. The Bertz CT molecular complexity index is 939.